The maximum absolute atomic E-state index is 11.3. The van der Waals surface area contributed by atoms with Crippen LogP contribution in [0.3, 0.4) is 0 Å². The normalized spacial score (nSPS) is 12.3. The molecule has 4 nitrogen and oxygen atoms in total. The lowest BCUT2D eigenvalue weighted by Gasteiger charge is -2.02. The van der Waals surface area contributed by atoms with Crippen LogP contribution in [-0.2, 0) is 16.0 Å². The van der Waals surface area contributed by atoms with Crippen molar-refractivity contribution in [2.45, 2.75) is 13.3 Å². The number of thiazole rings is 1. The van der Waals surface area contributed by atoms with Crippen LogP contribution in [0.2, 0.25) is 0 Å². The fourth-order valence-electron chi connectivity index (χ4n) is 2.41. The highest BCUT2D eigenvalue weighted by atomic mass is 32.1. The molecule has 0 spiro atoms. The second-order valence-electron chi connectivity index (χ2n) is 4.72. The van der Waals surface area contributed by atoms with E-state index in [1.165, 1.54) is 22.1 Å². The minimum Gasteiger partial charge on any atom is -0.463 e. The van der Waals surface area contributed by atoms with Crippen LogP contribution in [0.15, 0.2) is 24.3 Å². The molecule has 1 aliphatic carbocycles. The van der Waals surface area contributed by atoms with E-state index in [1.807, 2.05) is 13.1 Å². The monoisotopic (exact) mass is 300 g/mol. The zero-order valence-electron chi connectivity index (χ0n) is 12.0. The van der Waals surface area contributed by atoms with E-state index in [0.29, 0.717) is 6.61 Å². The summed E-state index contributed by atoms with van der Waals surface area (Å²) in [5.41, 5.74) is 4.54. The molecule has 0 saturated carbocycles. The molecule has 21 heavy (non-hydrogen) atoms. The number of anilines is 1. The van der Waals surface area contributed by atoms with Gasteiger partial charge in [-0.25, -0.2) is 9.78 Å². The molecule has 1 aromatic heterocycles. The summed E-state index contributed by atoms with van der Waals surface area (Å²) in [7, 11) is 1.89. The molecule has 1 aromatic carbocycles. The summed E-state index contributed by atoms with van der Waals surface area (Å²) in [5.74, 6) is -0.308. The number of hydrogen-bond donors (Lipinski definition) is 1. The van der Waals surface area contributed by atoms with Gasteiger partial charge in [0, 0.05) is 30.0 Å². The first-order chi connectivity index (χ1) is 10.2. The van der Waals surface area contributed by atoms with Crippen molar-refractivity contribution in [3.8, 4) is 11.3 Å². The van der Waals surface area contributed by atoms with E-state index in [-0.39, 0.29) is 5.97 Å². The summed E-state index contributed by atoms with van der Waals surface area (Å²) < 4.78 is 4.88. The van der Waals surface area contributed by atoms with Crippen LogP contribution in [0.4, 0.5) is 5.13 Å². The highest BCUT2D eigenvalue weighted by molar-refractivity contribution is 7.16. The summed E-state index contributed by atoms with van der Waals surface area (Å²) in [6.07, 6.45) is 4.16. The molecular formula is C16H16N2O2S. The highest BCUT2D eigenvalue weighted by Gasteiger charge is 2.22. The standard InChI is InChI=1S/C16H16N2O2S/c1-3-20-14(19)7-5-10-4-6-12-11(8-10)9-13-15(12)18-16(17-2)21-13/h4-8H,3,9H2,1-2H3,(H,17,18)/b7-5+. The van der Waals surface area contributed by atoms with E-state index in [0.717, 1.165) is 22.8 Å². The van der Waals surface area contributed by atoms with E-state index < -0.39 is 0 Å². The lowest BCUT2D eigenvalue weighted by molar-refractivity contribution is -0.137. The Morgan fingerprint density at radius 1 is 1.52 bits per heavy atom. The first-order valence-electron chi connectivity index (χ1n) is 6.87. The number of benzene rings is 1. The van der Waals surface area contributed by atoms with Gasteiger partial charge in [-0.05, 0) is 24.1 Å². The number of hydrogen-bond acceptors (Lipinski definition) is 5. The first kappa shape index (κ1) is 13.8. The van der Waals surface area contributed by atoms with Crippen molar-refractivity contribution in [3.05, 3.63) is 40.3 Å². The fraction of sp³-hybridized carbons (Fsp3) is 0.250. The Hall–Kier alpha value is -2.14. The Morgan fingerprint density at radius 3 is 3.14 bits per heavy atom. The number of ether oxygens (including phenoxy) is 1. The van der Waals surface area contributed by atoms with Gasteiger partial charge in [-0.3, -0.25) is 0 Å². The Balaban J connectivity index is 1.83. The zero-order valence-corrected chi connectivity index (χ0v) is 12.8. The highest BCUT2D eigenvalue weighted by Crippen LogP contribution is 2.41. The third kappa shape index (κ3) is 2.69. The molecule has 5 heteroatoms. The van der Waals surface area contributed by atoms with E-state index in [4.69, 9.17) is 4.74 Å². The maximum Gasteiger partial charge on any atom is 0.330 e. The van der Waals surface area contributed by atoms with Crippen LogP contribution >= 0.6 is 11.3 Å². The Kier molecular flexibility index (Phi) is 3.75. The van der Waals surface area contributed by atoms with Gasteiger partial charge in [0.15, 0.2) is 5.13 Å². The van der Waals surface area contributed by atoms with Gasteiger partial charge in [0.25, 0.3) is 0 Å². The fourth-order valence-corrected chi connectivity index (χ4v) is 3.36. The SMILES string of the molecule is CCOC(=O)/C=C/c1ccc2c(c1)Cc1sc(NC)nc1-2. The average Bonchev–Trinajstić information content (AvgIpc) is 3.01. The molecule has 0 bridgehead atoms. The zero-order chi connectivity index (χ0) is 14.8. The number of nitrogens with zero attached hydrogens (tertiary/aromatic N) is 1. The van der Waals surface area contributed by atoms with Gasteiger partial charge in [0.05, 0.1) is 12.3 Å². The lowest BCUT2D eigenvalue weighted by Crippen LogP contribution is -1.98. The molecule has 3 rings (SSSR count). The molecule has 1 N–H and O–H groups in total. The van der Waals surface area contributed by atoms with Crippen molar-refractivity contribution in [1.82, 2.24) is 4.98 Å². The molecular weight excluding hydrogens is 284 g/mol. The van der Waals surface area contributed by atoms with Gasteiger partial charge < -0.3 is 10.1 Å². The number of carbonyl (C=O) groups is 1. The molecule has 1 aliphatic rings. The van der Waals surface area contributed by atoms with E-state index in [1.54, 1.807) is 24.3 Å². The van der Waals surface area contributed by atoms with Crippen LogP contribution in [0, 0.1) is 0 Å². The molecule has 0 aliphatic heterocycles. The molecule has 0 saturated heterocycles. The molecule has 0 unspecified atom stereocenters. The minimum atomic E-state index is -0.308. The minimum absolute atomic E-state index is 0.308. The van der Waals surface area contributed by atoms with E-state index in [9.17, 15) is 4.79 Å². The predicted molar refractivity (Wildman–Crippen MR) is 85.6 cm³/mol. The molecule has 1 heterocycles. The molecule has 2 aromatic rings. The molecule has 0 amide bonds. The van der Waals surface area contributed by atoms with Crippen molar-refractivity contribution in [3.63, 3.8) is 0 Å². The van der Waals surface area contributed by atoms with Crippen molar-refractivity contribution < 1.29 is 9.53 Å². The second-order valence-corrected chi connectivity index (χ2v) is 5.80. The number of carbonyl (C=O) groups excluding carboxylic acids is 1. The topological polar surface area (TPSA) is 51.2 Å². The largest absolute Gasteiger partial charge is 0.463 e. The number of rotatable bonds is 4. The molecule has 0 atom stereocenters. The summed E-state index contributed by atoms with van der Waals surface area (Å²) in [5, 5.41) is 4.04. The van der Waals surface area contributed by atoms with Crippen LogP contribution < -0.4 is 5.32 Å². The van der Waals surface area contributed by atoms with Gasteiger partial charge in [-0.15, -0.1) is 11.3 Å². The molecule has 0 radical (unpaired) electrons. The van der Waals surface area contributed by atoms with Gasteiger partial charge in [-0.2, -0.15) is 0 Å². The van der Waals surface area contributed by atoms with Crippen LogP contribution in [0.25, 0.3) is 17.3 Å². The summed E-state index contributed by atoms with van der Waals surface area (Å²) in [6, 6.07) is 6.19. The Bertz CT molecular complexity index is 719. The van der Waals surface area contributed by atoms with Crippen LogP contribution in [0.5, 0.6) is 0 Å². The lowest BCUT2D eigenvalue weighted by atomic mass is 10.1. The summed E-state index contributed by atoms with van der Waals surface area (Å²) in [6.45, 7) is 2.19. The molecule has 108 valence electrons. The maximum atomic E-state index is 11.3. The van der Waals surface area contributed by atoms with Gasteiger partial charge in [-0.1, -0.05) is 18.2 Å². The van der Waals surface area contributed by atoms with Crippen molar-refractivity contribution >= 4 is 28.5 Å². The number of aromatic nitrogens is 1. The van der Waals surface area contributed by atoms with Crippen molar-refractivity contribution in [1.29, 1.82) is 0 Å². The summed E-state index contributed by atoms with van der Waals surface area (Å²) >= 11 is 1.69. The third-order valence-corrected chi connectivity index (χ3v) is 4.42. The number of esters is 1. The van der Waals surface area contributed by atoms with Crippen LogP contribution in [-0.4, -0.2) is 24.6 Å². The van der Waals surface area contributed by atoms with Gasteiger partial charge >= 0.3 is 5.97 Å². The Labute approximate surface area is 127 Å². The number of nitrogens with one attached hydrogen (secondary N) is 1. The van der Waals surface area contributed by atoms with Gasteiger partial charge in [0.1, 0.15) is 0 Å². The third-order valence-electron chi connectivity index (χ3n) is 3.35. The predicted octanol–water partition coefficient (Wildman–Crippen LogP) is 3.33. The first-order valence-corrected chi connectivity index (χ1v) is 7.68. The summed E-state index contributed by atoms with van der Waals surface area (Å²) in [4.78, 5) is 17.2. The smallest absolute Gasteiger partial charge is 0.330 e. The van der Waals surface area contributed by atoms with Crippen LogP contribution in [0.1, 0.15) is 22.9 Å². The van der Waals surface area contributed by atoms with E-state index in [2.05, 4.69) is 22.4 Å². The van der Waals surface area contributed by atoms with Crippen molar-refractivity contribution in [2.75, 3.05) is 19.0 Å². The van der Waals surface area contributed by atoms with Gasteiger partial charge in [0.2, 0.25) is 0 Å². The number of fused-ring (bicyclic) bond motifs is 3. The molecule has 0 fully saturated rings. The average molecular weight is 300 g/mol. The van der Waals surface area contributed by atoms with Crippen molar-refractivity contribution in [2.24, 2.45) is 0 Å². The second kappa shape index (κ2) is 5.69. The quantitative estimate of drug-likeness (QED) is 0.593. The van der Waals surface area contributed by atoms with E-state index >= 15 is 0 Å². The Morgan fingerprint density at radius 2 is 2.38 bits per heavy atom.